The molecular weight excluding hydrogens is 366 g/mol. The number of piperidine rings is 1. The lowest BCUT2D eigenvalue weighted by Crippen LogP contribution is -2.44. The zero-order valence-corrected chi connectivity index (χ0v) is 17.2. The van der Waals surface area contributed by atoms with Crippen LogP contribution in [0.15, 0.2) is 54.6 Å². The number of rotatable bonds is 10. The van der Waals surface area contributed by atoms with E-state index < -0.39 is 5.97 Å². The summed E-state index contributed by atoms with van der Waals surface area (Å²) in [5.74, 6) is 0.139. The van der Waals surface area contributed by atoms with Gasteiger partial charge in [0, 0.05) is 26.7 Å². The lowest BCUT2D eigenvalue weighted by atomic mass is 9.84. The molecule has 5 nitrogen and oxygen atoms in total. The minimum atomic E-state index is -0.743. The number of methoxy groups -OCH3 is 1. The van der Waals surface area contributed by atoms with E-state index in [2.05, 4.69) is 41.3 Å². The fourth-order valence-electron chi connectivity index (χ4n) is 3.97. The summed E-state index contributed by atoms with van der Waals surface area (Å²) >= 11 is 0. The number of aliphatic carboxylic acids is 1. The molecule has 3 rings (SSSR count). The maximum Gasteiger partial charge on any atom is 0.304 e. The van der Waals surface area contributed by atoms with Crippen LogP contribution in [0, 0.1) is 0 Å². The molecule has 156 valence electrons. The second-order valence-corrected chi connectivity index (χ2v) is 7.65. The van der Waals surface area contributed by atoms with E-state index in [9.17, 15) is 4.79 Å². The lowest BCUT2D eigenvalue weighted by Gasteiger charge is -2.41. The van der Waals surface area contributed by atoms with Crippen LogP contribution in [0.1, 0.15) is 36.8 Å². The molecule has 1 heterocycles. The van der Waals surface area contributed by atoms with Gasteiger partial charge in [0.2, 0.25) is 0 Å². The Kier molecular flexibility index (Phi) is 7.67. The summed E-state index contributed by atoms with van der Waals surface area (Å²) < 4.78 is 11.8. The van der Waals surface area contributed by atoms with Crippen molar-refractivity contribution >= 4 is 5.97 Å². The van der Waals surface area contributed by atoms with E-state index >= 15 is 0 Å². The highest BCUT2D eigenvalue weighted by Gasteiger charge is 2.36. The monoisotopic (exact) mass is 397 g/mol. The summed E-state index contributed by atoms with van der Waals surface area (Å²) in [6.45, 7) is 2.99. The van der Waals surface area contributed by atoms with Crippen LogP contribution < -0.4 is 4.74 Å². The highest BCUT2D eigenvalue weighted by Crippen LogP contribution is 2.37. The quantitative estimate of drug-likeness (QED) is 0.612. The van der Waals surface area contributed by atoms with E-state index in [0.29, 0.717) is 13.2 Å². The molecule has 2 aromatic rings. The van der Waals surface area contributed by atoms with Crippen molar-refractivity contribution in [2.75, 3.05) is 33.4 Å². The minimum Gasteiger partial charge on any atom is -0.494 e. The number of aryl methyl sites for hydroxylation is 1. The Bertz CT molecular complexity index is 752. The third-order valence-electron chi connectivity index (χ3n) is 5.80. The van der Waals surface area contributed by atoms with E-state index in [-0.39, 0.29) is 12.0 Å². The molecule has 1 aliphatic rings. The number of nitrogens with zero attached hydrogens (tertiary/aromatic N) is 1. The SMILES string of the molecule is COC1(c2ccc(OCCCc3ccccc3)cc2)CCN(CCC(=O)O)CC1. The summed E-state index contributed by atoms with van der Waals surface area (Å²) in [5, 5.41) is 8.87. The number of carbonyl (C=O) groups is 1. The number of carboxylic acid groups (broad SMARTS) is 1. The normalized spacial score (nSPS) is 16.4. The highest BCUT2D eigenvalue weighted by molar-refractivity contribution is 5.66. The van der Waals surface area contributed by atoms with Gasteiger partial charge in [-0.05, 0) is 48.9 Å². The van der Waals surface area contributed by atoms with Crippen LogP contribution in [-0.4, -0.2) is 49.3 Å². The van der Waals surface area contributed by atoms with Gasteiger partial charge < -0.3 is 19.5 Å². The van der Waals surface area contributed by atoms with Gasteiger partial charge in [-0.2, -0.15) is 0 Å². The molecule has 5 heteroatoms. The molecule has 0 amide bonds. The van der Waals surface area contributed by atoms with Gasteiger partial charge in [0.15, 0.2) is 0 Å². The molecule has 1 N–H and O–H groups in total. The molecule has 0 aromatic heterocycles. The number of hydrogen-bond acceptors (Lipinski definition) is 4. The van der Waals surface area contributed by atoms with Crippen LogP contribution in [0.4, 0.5) is 0 Å². The molecule has 0 bridgehead atoms. The van der Waals surface area contributed by atoms with Gasteiger partial charge in [-0.1, -0.05) is 42.5 Å². The molecule has 0 aliphatic carbocycles. The number of benzene rings is 2. The molecule has 0 saturated carbocycles. The van der Waals surface area contributed by atoms with Gasteiger partial charge in [0.1, 0.15) is 5.75 Å². The molecule has 2 aromatic carbocycles. The third-order valence-corrected chi connectivity index (χ3v) is 5.80. The Morgan fingerprint density at radius 3 is 2.38 bits per heavy atom. The van der Waals surface area contributed by atoms with Crippen molar-refractivity contribution in [1.82, 2.24) is 4.90 Å². The summed E-state index contributed by atoms with van der Waals surface area (Å²) in [5.41, 5.74) is 2.20. The van der Waals surface area contributed by atoms with Crippen LogP contribution in [0.25, 0.3) is 0 Å². The van der Waals surface area contributed by atoms with E-state index in [0.717, 1.165) is 50.1 Å². The number of carboxylic acids is 1. The molecule has 0 atom stereocenters. The molecule has 1 saturated heterocycles. The Balaban J connectivity index is 1.48. The third kappa shape index (κ3) is 6.05. The van der Waals surface area contributed by atoms with E-state index in [1.165, 1.54) is 5.56 Å². The first kappa shape index (κ1) is 21.3. The average Bonchev–Trinajstić information content (AvgIpc) is 2.77. The maximum absolute atomic E-state index is 10.8. The largest absolute Gasteiger partial charge is 0.494 e. The van der Waals surface area contributed by atoms with Crippen molar-refractivity contribution in [1.29, 1.82) is 0 Å². The highest BCUT2D eigenvalue weighted by atomic mass is 16.5. The number of hydrogen-bond donors (Lipinski definition) is 1. The zero-order chi connectivity index (χ0) is 20.5. The molecule has 0 radical (unpaired) electrons. The van der Waals surface area contributed by atoms with Crippen LogP contribution in [0.3, 0.4) is 0 Å². The Labute approximate surface area is 173 Å². The first-order valence-electron chi connectivity index (χ1n) is 10.4. The van der Waals surface area contributed by atoms with Crippen LogP contribution in [-0.2, 0) is 21.6 Å². The van der Waals surface area contributed by atoms with Crippen LogP contribution in [0.5, 0.6) is 5.75 Å². The number of likely N-dealkylation sites (tertiary alicyclic amines) is 1. The van der Waals surface area contributed by atoms with Crippen molar-refractivity contribution in [2.24, 2.45) is 0 Å². The molecule has 0 spiro atoms. The molecule has 1 aliphatic heterocycles. The van der Waals surface area contributed by atoms with E-state index in [1.807, 2.05) is 18.2 Å². The summed E-state index contributed by atoms with van der Waals surface area (Å²) in [4.78, 5) is 13.0. The van der Waals surface area contributed by atoms with Crippen molar-refractivity contribution in [2.45, 2.75) is 37.7 Å². The molecule has 1 fully saturated rings. The van der Waals surface area contributed by atoms with Crippen LogP contribution in [0.2, 0.25) is 0 Å². The Morgan fingerprint density at radius 1 is 1.07 bits per heavy atom. The molecule has 29 heavy (non-hydrogen) atoms. The van der Waals surface area contributed by atoms with E-state index in [1.54, 1.807) is 7.11 Å². The van der Waals surface area contributed by atoms with Crippen molar-refractivity contribution < 1.29 is 19.4 Å². The fraction of sp³-hybridized carbons (Fsp3) is 0.458. The lowest BCUT2D eigenvalue weighted by molar-refractivity contribution is -0.137. The average molecular weight is 398 g/mol. The van der Waals surface area contributed by atoms with Crippen molar-refractivity contribution in [3.8, 4) is 5.75 Å². The predicted molar refractivity (Wildman–Crippen MR) is 113 cm³/mol. The zero-order valence-electron chi connectivity index (χ0n) is 17.2. The molecule has 0 unspecified atom stereocenters. The van der Waals surface area contributed by atoms with Crippen molar-refractivity contribution in [3.63, 3.8) is 0 Å². The van der Waals surface area contributed by atoms with Gasteiger partial charge in [-0.15, -0.1) is 0 Å². The van der Waals surface area contributed by atoms with Crippen molar-refractivity contribution in [3.05, 3.63) is 65.7 Å². The fourth-order valence-corrected chi connectivity index (χ4v) is 3.97. The Morgan fingerprint density at radius 2 is 1.76 bits per heavy atom. The van der Waals surface area contributed by atoms with Gasteiger partial charge in [-0.3, -0.25) is 4.79 Å². The van der Waals surface area contributed by atoms with Gasteiger partial charge in [-0.25, -0.2) is 0 Å². The van der Waals surface area contributed by atoms with Gasteiger partial charge in [0.25, 0.3) is 0 Å². The second kappa shape index (κ2) is 10.4. The smallest absolute Gasteiger partial charge is 0.304 e. The minimum absolute atomic E-state index is 0.191. The summed E-state index contributed by atoms with van der Waals surface area (Å²) in [6, 6.07) is 18.7. The van der Waals surface area contributed by atoms with Gasteiger partial charge >= 0.3 is 5.97 Å². The summed E-state index contributed by atoms with van der Waals surface area (Å²) in [6.07, 6.45) is 3.92. The predicted octanol–water partition coefficient (Wildman–Crippen LogP) is 4.11. The maximum atomic E-state index is 10.8. The second-order valence-electron chi connectivity index (χ2n) is 7.65. The first-order valence-corrected chi connectivity index (χ1v) is 10.4. The number of ether oxygens (including phenoxy) is 2. The topological polar surface area (TPSA) is 59.0 Å². The van der Waals surface area contributed by atoms with Gasteiger partial charge in [0.05, 0.1) is 18.6 Å². The Hall–Kier alpha value is -2.37. The van der Waals surface area contributed by atoms with E-state index in [4.69, 9.17) is 14.6 Å². The standard InChI is InChI=1S/C24H31NO4/c1-28-24(14-17-25(18-15-24)16-13-23(26)27)21-9-11-22(12-10-21)29-19-5-8-20-6-3-2-4-7-20/h2-4,6-7,9-12H,5,8,13-19H2,1H3,(H,26,27). The molecular formula is C24H31NO4. The summed E-state index contributed by atoms with van der Waals surface area (Å²) in [7, 11) is 1.76. The first-order chi connectivity index (χ1) is 14.1. The van der Waals surface area contributed by atoms with Crippen LogP contribution >= 0.6 is 0 Å².